The molecular weight excluding hydrogens is 448 g/mol. The van der Waals surface area contributed by atoms with Gasteiger partial charge in [-0.2, -0.15) is 4.72 Å². The molecule has 2 aliphatic carbocycles. The van der Waals surface area contributed by atoms with Crippen LogP contribution in [0.1, 0.15) is 33.3 Å². The van der Waals surface area contributed by atoms with Crippen molar-refractivity contribution >= 4 is 26.9 Å². The molecule has 0 spiro atoms. The van der Waals surface area contributed by atoms with Crippen LogP contribution in [0.3, 0.4) is 0 Å². The number of sulfonamides is 1. The molecule has 0 amide bonds. The summed E-state index contributed by atoms with van der Waals surface area (Å²) in [5, 5.41) is 0.930. The molecule has 1 unspecified atom stereocenters. The first kappa shape index (κ1) is 23.8. The van der Waals surface area contributed by atoms with E-state index >= 15 is 0 Å². The summed E-state index contributed by atoms with van der Waals surface area (Å²) in [4.78, 5) is 15.9. The number of ether oxygens (including phenoxy) is 1. The van der Waals surface area contributed by atoms with Crippen LogP contribution in [0, 0.1) is 5.92 Å². The number of nitrogens with one attached hydrogen (secondary N) is 2. The molecule has 1 heterocycles. The van der Waals surface area contributed by atoms with Crippen LogP contribution in [-0.4, -0.2) is 32.5 Å². The lowest BCUT2D eigenvalue weighted by Gasteiger charge is -2.17. The van der Waals surface area contributed by atoms with Gasteiger partial charge in [-0.05, 0) is 54.7 Å². The molecule has 0 radical (unpaired) electrons. The molecule has 2 aliphatic rings. The maximum atomic E-state index is 13.6. The van der Waals surface area contributed by atoms with Crippen molar-refractivity contribution in [3.63, 3.8) is 0 Å². The third-order valence-electron chi connectivity index (χ3n) is 6.15. The van der Waals surface area contributed by atoms with Crippen molar-refractivity contribution < 1.29 is 17.9 Å². The molecule has 176 valence electrons. The van der Waals surface area contributed by atoms with Gasteiger partial charge >= 0.3 is 5.97 Å². The van der Waals surface area contributed by atoms with Crippen LogP contribution in [0.2, 0.25) is 0 Å². The van der Waals surface area contributed by atoms with Crippen LogP contribution >= 0.6 is 0 Å². The zero-order valence-electron chi connectivity index (χ0n) is 19.9. The van der Waals surface area contributed by atoms with Crippen molar-refractivity contribution in [3.05, 3.63) is 92.4 Å². The van der Waals surface area contributed by atoms with E-state index in [0.717, 1.165) is 33.2 Å². The number of carbonyl (C=O) groups is 1. The molecule has 2 aromatic rings. The molecule has 34 heavy (non-hydrogen) atoms. The number of methoxy groups -OCH3 is 1. The minimum atomic E-state index is -4.06. The van der Waals surface area contributed by atoms with Crippen LogP contribution < -0.4 is 4.72 Å². The molecule has 6 nitrogen and oxygen atoms in total. The Morgan fingerprint density at radius 1 is 1.15 bits per heavy atom. The number of fused-ring (bicyclic) bond motifs is 2. The second kappa shape index (κ2) is 9.13. The number of hydrogen-bond acceptors (Lipinski definition) is 4. The highest BCUT2D eigenvalue weighted by molar-refractivity contribution is 7.93. The highest BCUT2D eigenvalue weighted by Crippen LogP contribution is 2.39. The first-order valence-corrected chi connectivity index (χ1v) is 12.6. The van der Waals surface area contributed by atoms with Crippen LogP contribution in [0.5, 0.6) is 0 Å². The molecule has 7 heteroatoms. The van der Waals surface area contributed by atoms with Crippen LogP contribution in [0.4, 0.5) is 0 Å². The summed E-state index contributed by atoms with van der Waals surface area (Å²) in [5.41, 5.74) is 11.9. The van der Waals surface area contributed by atoms with Crippen LogP contribution in [0.25, 0.3) is 10.9 Å². The van der Waals surface area contributed by atoms with Gasteiger partial charge in [0, 0.05) is 40.2 Å². The number of aromatic amines is 1. The Morgan fingerprint density at radius 3 is 2.59 bits per heavy atom. The lowest BCUT2D eigenvalue weighted by Crippen LogP contribution is -2.43. The normalized spacial score (nSPS) is 16.6. The fourth-order valence-electron chi connectivity index (χ4n) is 4.28. The molecule has 0 aliphatic heterocycles. The smallest absolute Gasteiger partial charge is 0.324 e. The van der Waals surface area contributed by atoms with E-state index in [1.54, 1.807) is 12.3 Å². The van der Waals surface area contributed by atoms with E-state index in [9.17, 15) is 13.2 Å². The number of benzene rings is 1. The zero-order valence-corrected chi connectivity index (χ0v) is 20.8. The molecule has 0 saturated heterocycles. The number of para-hydroxylation sites is 1. The van der Waals surface area contributed by atoms with Crippen molar-refractivity contribution in [1.82, 2.24) is 9.71 Å². The van der Waals surface area contributed by atoms with Gasteiger partial charge in [-0.15, -0.1) is 0 Å². The fraction of sp³-hybridized carbons (Fsp3) is 0.296. The van der Waals surface area contributed by atoms with Gasteiger partial charge in [0.1, 0.15) is 6.04 Å². The summed E-state index contributed by atoms with van der Waals surface area (Å²) < 4.78 is 34.8. The number of rotatable bonds is 7. The van der Waals surface area contributed by atoms with Gasteiger partial charge in [-0.25, -0.2) is 8.42 Å². The summed E-state index contributed by atoms with van der Waals surface area (Å²) in [6.45, 7) is 7.83. The minimum Gasteiger partial charge on any atom is -0.468 e. The standard InChI is InChI=1S/C27H28N2O4S/c1-16(2)19-11-10-17(3)26-22(13-19)18(4)12-25(26)34(31,32)29-24(27(30)33-5)14-20-15-28-23-9-7-6-8-21(20)23/h6-9,12-13,15-16,24,28-29H,14H2,1-5H3. The van der Waals surface area contributed by atoms with Crippen LogP contribution in [-0.2, 0) is 26.0 Å². The number of aromatic nitrogens is 1. The quantitative estimate of drug-likeness (QED) is 0.451. The fourth-order valence-corrected chi connectivity index (χ4v) is 5.82. The van der Waals surface area contributed by atoms with Gasteiger partial charge in [-0.1, -0.05) is 43.5 Å². The summed E-state index contributed by atoms with van der Waals surface area (Å²) >= 11 is 0. The third kappa shape index (κ3) is 4.39. The van der Waals surface area contributed by atoms with E-state index < -0.39 is 22.0 Å². The molecule has 0 bridgehead atoms. The monoisotopic (exact) mass is 476 g/mol. The van der Waals surface area contributed by atoms with E-state index in [1.807, 2.05) is 44.2 Å². The Kier molecular flexibility index (Phi) is 6.39. The van der Waals surface area contributed by atoms with Gasteiger partial charge in [-0.3, -0.25) is 4.79 Å². The van der Waals surface area contributed by atoms with E-state index in [-0.39, 0.29) is 17.2 Å². The second-order valence-electron chi connectivity index (χ2n) is 8.87. The molecule has 1 aromatic heterocycles. The summed E-state index contributed by atoms with van der Waals surface area (Å²) in [7, 11) is -2.80. The lowest BCUT2D eigenvalue weighted by atomic mass is 9.95. The largest absolute Gasteiger partial charge is 0.468 e. The molecular formula is C27H28N2O4S. The summed E-state index contributed by atoms with van der Waals surface area (Å²) in [5.74, 6) is -0.427. The highest BCUT2D eigenvalue weighted by atomic mass is 32.2. The van der Waals surface area contributed by atoms with E-state index in [1.165, 1.54) is 7.11 Å². The van der Waals surface area contributed by atoms with Gasteiger partial charge in [0.15, 0.2) is 0 Å². The van der Waals surface area contributed by atoms with Gasteiger partial charge < -0.3 is 9.72 Å². The summed E-state index contributed by atoms with van der Waals surface area (Å²) in [6, 6.07) is 6.58. The average Bonchev–Trinajstić information content (AvgIpc) is 3.30. The maximum Gasteiger partial charge on any atom is 0.324 e. The van der Waals surface area contributed by atoms with E-state index in [4.69, 9.17) is 4.74 Å². The SMILES string of the molecule is COC(=O)C(Cc1c[nH]c2ccccc12)NS(=O)(=O)C1=C2C(C)=C=C=C(C(C)C)C=C2C(C)=C1. The number of hydrogen-bond donors (Lipinski definition) is 2. The predicted octanol–water partition coefficient (Wildman–Crippen LogP) is 4.61. The maximum absolute atomic E-state index is 13.6. The lowest BCUT2D eigenvalue weighted by molar-refractivity contribution is -0.142. The number of esters is 1. The number of allylic oxidation sites excluding steroid dienone is 7. The Morgan fingerprint density at radius 2 is 1.88 bits per heavy atom. The Hall–Kier alpha value is -3.34. The van der Waals surface area contributed by atoms with Crippen molar-refractivity contribution in [3.8, 4) is 0 Å². The van der Waals surface area contributed by atoms with Gasteiger partial charge in [0.2, 0.25) is 10.0 Å². The second-order valence-corrected chi connectivity index (χ2v) is 10.6. The molecule has 1 atom stereocenters. The van der Waals surface area contributed by atoms with Crippen LogP contribution in [0.15, 0.2) is 86.8 Å². The molecule has 0 fully saturated rings. The average molecular weight is 477 g/mol. The number of H-pyrrole nitrogens is 1. The van der Waals surface area contributed by atoms with Crippen molar-refractivity contribution in [2.24, 2.45) is 5.92 Å². The number of carbonyl (C=O) groups excluding carboxylic acids is 1. The zero-order chi connectivity index (χ0) is 24.6. The highest BCUT2D eigenvalue weighted by Gasteiger charge is 2.34. The van der Waals surface area contributed by atoms with Crippen molar-refractivity contribution in [2.45, 2.75) is 40.2 Å². The van der Waals surface area contributed by atoms with Crippen molar-refractivity contribution in [1.29, 1.82) is 0 Å². The summed E-state index contributed by atoms with van der Waals surface area (Å²) in [6.07, 6.45) is 5.57. The third-order valence-corrected chi connectivity index (χ3v) is 7.65. The molecule has 1 aromatic carbocycles. The van der Waals surface area contributed by atoms with Crippen molar-refractivity contribution in [2.75, 3.05) is 7.11 Å². The van der Waals surface area contributed by atoms with Gasteiger partial charge in [0.05, 0.1) is 12.0 Å². The molecule has 4 rings (SSSR count). The van der Waals surface area contributed by atoms with E-state index in [2.05, 4.69) is 35.0 Å². The Bertz CT molecular complexity index is 1490. The first-order chi connectivity index (χ1) is 16.1. The van der Waals surface area contributed by atoms with Gasteiger partial charge in [0.25, 0.3) is 0 Å². The minimum absolute atomic E-state index is 0.126. The molecule has 0 saturated carbocycles. The van der Waals surface area contributed by atoms with E-state index in [0.29, 0.717) is 11.1 Å². The topological polar surface area (TPSA) is 88.3 Å². The predicted molar refractivity (Wildman–Crippen MR) is 133 cm³/mol. The first-order valence-electron chi connectivity index (χ1n) is 11.2. The molecule has 2 N–H and O–H groups in total. The Balaban J connectivity index is 1.73. The Labute approximate surface area is 200 Å².